The van der Waals surface area contributed by atoms with Crippen molar-refractivity contribution >= 4 is 17.8 Å². The van der Waals surface area contributed by atoms with Crippen LogP contribution in [-0.4, -0.2) is 57.9 Å². The summed E-state index contributed by atoms with van der Waals surface area (Å²) in [4.78, 5) is 30.0. The minimum Gasteiger partial charge on any atom is -0.508 e. The molecule has 0 aliphatic carbocycles. The van der Waals surface area contributed by atoms with E-state index in [1.165, 1.54) is 12.1 Å². The van der Waals surface area contributed by atoms with Crippen molar-refractivity contribution < 1.29 is 34.8 Å². The van der Waals surface area contributed by atoms with Gasteiger partial charge in [-0.05, 0) is 29.8 Å². The number of carbonyl (C=O) groups is 3. The Morgan fingerprint density at radius 1 is 0.857 bits per heavy atom. The van der Waals surface area contributed by atoms with Crippen molar-refractivity contribution in [2.24, 2.45) is 0 Å². The summed E-state index contributed by atoms with van der Waals surface area (Å²) in [6.45, 7) is 1.45. The number of hydrogen-bond donors (Lipinski definition) is 6. The number of amides is 1. The van der Waals surface area contributed by atoms with Crippen molar-refractivity contribution in [2.75, 3.05) is 19.6 Å². The molecule has 28 heavy (non-hydrogen) atoms. The summed E-state index contributed by atoms with van der Waals surface area (Å²) in [5.41, 5.74) is 1.37. The Hall–Kier alpha value is -3.43. The van der Waals surface area contributed by atoms with Crippen LogP contribution in [0.2, 0.25) is 0 Å². The standard InChI is InChI=1S/C17H20N2O3.C2H2O4/c20-15-8-6-14(7-9-15)17(22)19-11-10-18-12-16(21)13-4-2-1-3-5-13;3-1(4)2(5)6/h1-9,16,18,20-21H,10-12H2,(H,19,22);(H,3,4)(H,5,6). The minimum atomic E-state index is -1.82. The zero-order chi connectivity index (χ0) is 20.9. The Morgan fingerprint density at radius 2 is 1.43 bits per heavy atom. The molecule has 0 spiro atoms. The molecule has 2 aromatic rings. The summed E-state index contributed by atoms with van der Waals surface area (Å²) >= 11 is 0. The van der Waals surface area contributed by atoms with Crippen LogP contribution < -0.4 is 10.6 Å². The third-order valence-corrected chi connectivity index (χ3v) is 3.42. The van der Waals surface area contributed by atoms with Gasteiger partial charge in [0, 0.05) is 25.2 Å². The predicted octanol–water partition coefficient (Wildman–Crippen LogP) is 0.601. The lowest BCUT2D eigenvalue weighted by atomic mass is 10.1. The fourth-order valence-electron chi connectivity index (χ4n) is 2.01. The van der Waals surface area contributed by atoms with Crippen molar-refractivity contribution in [1.29, 1.82) is 0 Å². The first-order valence-electron chi connectivity index (χ1n) is 8.28. The molecule has 0 saturated heterocycles. The summed E-state index contributed by atoms with van der Waals surface area (Å²) in [6, 6.07) is 15.5. The van der Waals surface area contributed by atoms with Crippen LogP contribution in [0.5, 0.6) is 5.75 Å². The second-order valence-corrected chi connectivity index (χ2v) is 5.54. The average Bonchev–Trinajstić information content (AvgIpc) is 2.69. The Morgan fingerprint density at radius 3 is 1.96 bits per heavy atom. The molecule has 0 aliphatic rings. The Labute approximate surface area is 161 Å². The molecule has 9 nitrogen and oxygen atoms in total. The number of phenolic OH excluding ortho intramolecular Hbond substituents is 1. The number of aliphatic hydroxyl groups excluding tert-OH is 1. The maximum atomic E-state index is 11.8. The lowest BCUT2D eigenvalue weighted by Gasteiger charge is -2.12. The molecule has 1 unspecified atom stereocenters. The van der Waals surface area contributed by atoms with Crippen molar-refractivity contribution in [3.05, 3.63) is 65.7 Å². The molecular weight excluding hydrogens is 368 g/mol. The van der Waals surface area contributed by atoms with Gasteiger partial charge in [-0.3, -0.25) is 4.79 Å². The van der Waals surface area contributed by atoms with Gasteiger partial charge in [0.05, 0.1) is 6.10 Å². The fourth-order valence-corrected chi connectivity index (χ4v) is 2.01. The van der Waals surface area contributed by atoms with Gasteiger partial charge in [-0.25, -0.2) is 9.59 Å². The zero-order valence-electron chi connectivity index (χ0n) is 14.9. The van der Waals surface area contributed by atoms with Crippen LogP contribution in [0.25, 0.3) is 0 Å². The SMILES string of the molecule is O=C(NCCNCC(O)c1ccccc1)c1ccc(O)cc1.O=C(O)C(=O)O. The van der Waals surface area contributed by atoms with Gasteiger partial charge >= 0.3 is 11.9 Å². The number of aromatic hydroxyl groups is 1. The molecule has 0 bridgehead atoms. The van der Waals surface area contributed by atoms with Crippen LogP contribution in [-0.2, 0) is 9.59 Å². The zero-order valence-corrected chi connectivity index (χ0v) is 14.9. The van der Waals surface area contributed by atoms with Gasteiger partial charge in [-0.15, -0.1) is 0 Å². The van der Waals surface area contributed by atoms with Crippen LogP contribution in [0.3, 0.4) is 0 Å². The monoisotopic (exact) mass is 390 g/mol. The molecular formula is C19H22N2O7. The number of benzene rings is 2. The fraction of sp³-hybridized carbons (Fsp3) is 0.211. The number of carboxylic acids is 2. The number of rotatable bonds is 7. The van der Waals surface area contributed by atoms with E-state index < -0.39 is 18.0 Å². The van der Waals surface area contributed by atoms with E-state index in [2.05, 4.69) is 10.6 Å². The van der Waals surface area contributed by atoms with E-state index in [4.69, 9.17) is 24.9 Å². The van der Waals surface area contributed by atoms with E-state index in [0.717, 1.165) is 5.56 Å². The maximum absolute atomic E-state index is 11.8. The van der Waals surface area contributed by atoms with Crippen molar-refractivity contribution in [2.45, 2.75) is 6.10 Å². The second-order valence-electron chi connectivity index (χ2n) is 5.54. The summed E-state index contributed by atoms with van der Waals surface area (Å²) in [6.07, 6.45) is -0.561. The Bertz CT molecular complexity index is 752. The van der Waals surface area contributed by atoms with E-state index in [0.29, 0.717) is 25.2 Å². The first kappa shape index (κ1) is 22.6. The smallest absolute Gasteiger partial charge is 0.414 e. The highest BCUT2D eigenvalue weighted by Crippen LogP contribution is 2.10. The summed E-state index contributed by atoms with van der Waals surface area (Å²) < 4.78 is 0. The van der Waals surface area contributed by atoms with E-state index in [-0.39, 0.29) is 11.7 Å². The first-order chi connectivity index (χ1) is 13.3. The van der Waals surface area contributed by atoms with E-state index in [1.807, 2.05) is 30.3 Å². The van der Waals surface area contributed by atoms with Crippen LogP contribution in [0.15, 0.2) is 54.6 Å². The maximum Gasteiger partial charge on any atom is 0.414 e. The molecule has 0 saturated carbocycles. The normalized spacial score (nSPS) is 10.9. The summed E-state index contributed by atoms with van der Waals surface area (Å²) in [5.74, 6) is -3.71. The van der Waals surface area contributed by atoms with E-state index >= 15 is 0 Å². The quantitative estimate of drug-likeness (QED) is 0.296. The predicted molar refractivity (Wildman–Crippen MR) is 100.0 cm³/mol. The van der Waals surface area contributed by atoms with Crippen molar-refractivity contribution in [3.63, 3.8) is 0 Å². The van der Waals surface area contributed by atoms with Gasteiger partial charge < -0.3 is 31.1 Å². The van der Waals surface area contributed by atoms with Gasteiger partial charge in [0.15, 0.2) is 0 Å². The topological polar surface area (TPSA) is 156 Å². The molecule has 0 radical (unpaired) electrons. The van der Waals surface area contributed by atoms with Crippen LogP contribution in [0.1, 0.15) is 22.0 Å². The molecule has 6 N–H and O–H groups in total. The number of carboxylic acid groups (broad SMARTS) is 2. The highest BCUT2D eigenvalue weighted by Gasteiger charge is 2.07. The van der Waals surface area contributed by atoms with Gasteiger partial charge in [0.1, 0.15) is 5.75 Å². The number of aliphatic hydroxyl groups is 1. The van der Waals surface area contributed by atoms with E-state index in [1.54, 1.807) is 12.1 Å². The molecule has 0 aromatic heterocycles. The van der Waals surface area contributed by atoms with Crippen molar-refractivity contribution in [1.82, 2.24) is 10.6 Å². The average molecular weight is 390 g/mol. The molecule has 9 heteroatoms. The van der Waals surface area contributed by atoms with Gasteiger partial charge in [-0.2, -0.15) is 0 Å². The van der Waals surface area contributed by atoms with Crippen LogP contribution in [0, 0.1) is 0 Å². The lowest BCUT2D eigenvalue weighted by molar-refractivity contribution is -0.159. The third-order valence-electron chi connectivity index (χ3n) is 3.42. The number of phenols is 1. The summed E-state index contributed by atoms with van der Waals surface area (Å²) in [7, 11) is 0. The molecule has 150 valence electrons. The Balaban J connectivity index is 0.000000568. The molecule has 1 amide bonds. The summed E-state index contributed by atoms with van der Waals surface area (Å²) in [5, 5.41) is 39.8. The number of aliphatic carboxylic acids is 2. The van der Waals surface area contributed by atoms with Crippen LogP contribution in [0.4, 0.5) is 0 Å². The van der Waals surface area contributed by atoms with Crippen molar-refractivity contribution in [3.8, 4) is 5.75 Å². The van der Waals surface area contributed by atoms with Gasteiger partial charge in [-0.1, -0.05) is 30.3 Å². The first-order valence-corrected chi connectivity index (χ1v) is 8.28. The van der Waals surface area contributed by atoms with Gasteiger partial charge in [0.2, 0.25) is 0 Å². The third kappa shape index (κ3) is 8.79. The molecule has 1 atom stereocenters. The molecule has 0 aliphatic heterocycles. The largest absolute Gasteiger partial charge is 0.508 e. The minimum absolute atomic E-state index is 0.133. The highest BCUT2D eigenvalue weighted by molar-refractivity contribution is 6.27. The van der Waals surface area contributed by atoms with Crippen LogP contribution >= 0.6 is 0 Å². The van der Waals surface area contributed by atoms with Gasteiger partial charge in [0.25, 0.3) is 5.91 Å². The number of nitrogens with one attached hydrogen (secondary N) is 2. The molecule has 2 aromatic carbocycles. The molecule has 0 heterocycles. The van der Waals surface area contributed by atoms with E-state index in [9.17, 15) is 9.90 Å². The second kappa shape index (κ2) is 12.0. The highest BCUT2D eigenvalue weighted by atomic mass is 16.4. The lowest BCUT2D eigenvalue weighted by Crippen LogP contribution is -2.33. The number of carbonyl (C=O) groups excluding carboxylic acids is 1. The number of hydrogen-bond acceptors (Lipinski definition) is 6. The molecule has 2 rings (SSSR count). The molecule has 0 fully saturated rings. The Kier molecular flexibility index (Phi) is 9.73.